The van der Waals surface area contributed by atoms with Gasteiger partial charge in [0.05, 0.1) is 7.11 Å². The van der Waals surface area contributed by atoms with Crippen LogP contribution in [0.4, 0.5) is 0 Å². The summed E-state index contributed by atoms with van der Waals surface area (Å²) in [6.45, 7) is 0. The Morgan fingerprint density at radius 1 is 1.40 bits per heavy atom. The van der Waals surface area contributed by atoms with Crippen molar-refractivity contribution in [3.05, 3.63) is 29.8 Å². The molecule has 1 rings (SSSR count). The summed E-state index contributed by atoms with van der Waals surface area (Å²) >= 11 is 0. The fourth-order valence-electron chi connectivity index (χ4n) is 1.04. The van der Waals surface area contributed by atoms with Crippen LogP contribution in [0.25, 0.3) is 0 Å². The van der Waals surface area contributed by atoms with Crippen LogP contribution in [0, 0.1) is 6.07 Å². The van der Waals surface area contributed by atoms with Gasteiger partial charge in [0.15, 0.2) is 0 Å². The second kappa shape index (κ2) is 5.45. The molecule has 85 valence electrons. The minimum Gasteiger partial charge on any atom is -0.522 e. The molecule has 1 atom stereocenters. The molecule has 0 saturated carbocycles. The average Bonchev–Trinajstić information content (AvgIpc) is 2.15. The van der Waals surface area contributed by atoms with Crippen molar-refractivity contribution >= 4 is 0 Å². The van der Waals surface area contributed by atoms with Crippen LogP contribution in [0.1, 0.15) is 11.7 Å². The van der Waals surface area contributed by atoms with Crippen LogP contribution in [0.2, 0.25) is 0 Å². The molecule has 6 heteroatoms. The molecule has 0 aliphatic rings. The van der Waals surface area contributed by atoms with Gasteiger partial charge in [-0.1, -0.05) is 5.56 Å². The van der Waals surface area contributed by atoms with E-state index in [1.165, 1.54) is 25.3 Å². The molecule has 0 spiro atoms. The Morgan fingerprint density at radius 3 is 2.47 bits per heavy atom. The van der Waals surface area contributed by atoms with Gasteiger partial charge in [-0.2, -0.15) is 18.2 Å². The molecular formula is C9H11CoO5+. The van der Waals surface area contributed by atoms with Crippen molar-refractivity contribution in [3.8, 4) is 5.75 Å². The maximum absolute atomic E-state index is 9.32. The van der Waals surface area contributed by atoms with E-state index in [9.17, 15) is 5.11 Å². The molecule has 4 N–H and O–H groups in total. The van der Waals surface area contributed by atoms with Gasteiger partial charge >= 0.3 is 16.8 Å². The molecule has 5 nitrogen and oxygen atoms in total. The Kier molecular flexibility index (Phi) is 5.22. The molecule has 1 aromatic carbocycles. The number of benzene rings is 1. The third kappa shape index (κ3) is 3.45. The maximum atomic E-state index is 9.32. The topological polar surface area (TPSA) is 90.2 Å². The zero-order valence-electron chi connectivity index (χ0n) is 7.84. The van der Waals surface area contributed by atoms with E-state index < -0.39 is 12.1 Å². The molecule has 0 fully saturated rings. The van der Waals surface area contributed by atoms with Crippen LogP contribution in [0.15, 0.2) is 18.2 Å². The Labute approximate surface area is 97.1 Å². The summed E-state index contributed by atoms with van der Waals surface area (Å²) in [4.78, 5) is 0. The zero-order valence-corrected chi connectivity index (χ0v) is 8.88. The summed E-state index contributed by atoms with van der Waals surface area (Å²) < 4.78 is 4.85. The van der Waals surface area contributed by atoms with E-state index in [-0.39, 0.29) is 28.1 Å². The molecule has 1 radical (unpaired) electrons. The minimum absolute atomic E-state index is 0. The van der Waals surface area contributed by atoms with Gasteiger partial charge in [-0.3, -0.25) is 0 Å². The molecule has 0 bridgehead atoms. The largest absolute Gasteiger partial charge is 2.00 e. The van der Waals surface area contributed by atoms with Gasteiger partial charge in [0.1, 0.15) is 6.10 Å². The van der Waals surface area contributed by atoms with Crippen LogP contribution in [-0.2, 0) is 16.8 Å². The third-order valence-electron chi connectivity index (χ3n) is 1.74. The van der Waals surface area contributed by atoms with Gasteiger partial charge in [0.25, 0.3) is 5.97 Å². The third-order valence-corrected chi connectivity index (χ3v) is 1.74. The molecular weight excluding hydrogens is 247 g/mol. The normalized spacial score (nSPS) is 12.9. The van der Waals surface area contributed by atoms with Gasteiger partial charge in [-0.05, 0) is 0 Å². The van der Waals surface area contributed by atoms with E-state index in [0.29, 0.717) is 0 Å². The number of aliphatic hydroxyl groups is 4. The predicted octanol–water partition coefficient (Wildman–Crippen LogP) is -0.843. The molecule has 0 aliphatic heterocycles. The van der Waals surface area contributed by atoms with Gasteiger partial charge in [0, 0.05) is 5.75 Å². The number of hydrogen-bond donors (Lipinski definition) is 4. The first kappa shape index (κ1) is 14.4. The van der Waals surface area contributed by atoms with Crippen LogP contribution in [0.5, 0.6) is 5.75 Å². The molecule has 1 unspecified atom stereocenters. The van der Waals surface area contributed by atoms with E-state index in [0.717, 1.165) is 0 Å². The number of rotatable bonds is 3. The van der Waals surface area contributed by atoms with Crippen molar-refractivity contribution in [2.24, 2.45) is 0 Å². The Bertz CT molecular complexity index is 310. The average molecular weight is 258 g/mol. The Hall–Kier alpha value is -0.634. The number of ether oxygens (including phenoxy) is 1. The van der Waals surface area contributed by atoms with E-state index in [2.05, 4.69) is 6.07 Å². The van der Waals surface area contributed by atoms with Gasteiger partial charge in [0.2, 0.25) is 0 Å². The van der Waals surface area contributed by atoms with Gasteiger partial charge in [-0.25, -0.2) is 0 Å². The van der Waals surface area contributed by atoms with Crippen LogP contribution in [0.3, 0.4) is 0 Å². The number of methoxy groups -OCH3 is 1. The molecule has 0 saturated heterocycles. The quantitative estimate of drug-likeness (QED) is 0.419. The van der Waals surface area contributed by atoms with Crippen molar-refractivity contribution < 1.29 is 41.9 Å². The molecule has 0 aromatic heterocycles. The summed E-state index contributed by atoms with van der Waals surface area (Å²) in [6.07, 6.45) is -1.87. The summed E-state index contributed by atoms with van der Waals surface area (Å²) in [6, 6.07) is 6.92. The van der Waals surface area contributed by atoms with Crippen molar-refractivity contribution in [1.29, 1.82) is 0 Å². The first-order chi connectivity index (χ1) is 6.46. The first-order valence-electron chi connectivity index (χ1n) is 3.86. The van der Waals surface area contributed by atoms with E-state index >= 15 is 0 Å². The van der Waals surface area contributed by atoms with Crippen molar-refractivity contribution in [3.63, 3.8) is 0 Å². The summed E-state index contributed by atoms with van der Waals surface area (Å²) in [5, 5.41) is 35.6. The standard InChI is InChI=1S/C9H11O5.Co/c1-14-7-5-3-2-4-6(7)8(10)9(11,12)13;/h3-5,8,10-13H,1H3;/q-1;+2. The number of aliphatic hydroxyl groups excluding tert-OH is 1. The van der Waals surface area contributed by atoms with Gasteiger partial charge < -0.3 is 25.2 Å². The molecule has 1 aromatic rings. The van der Waals surface area contributed by atoms with E-state index in [1.54, 1.807) is 0 Å². The van der Waals surface area contributed by atoms with E-state index in [1.807, 2.05) is 0 Å². The molecule has 0 heterocycles. The van der Waals surface area contributed by atoms with E-state index in [4.69, 9.17) is 20.1 Å². The van der Waals surface area contributed by atoms with Crippen molar-refractivity contribution in [2.75, 3.05) is 7.11 Å². The SMILES string of the molecule is COc1cc[c-]cc1C(O)C(O)(O)O.[Co+2]. The van der Waals surface area contributed by atoms with Crippen LogP contribution < -0.4 is 4.74 Å². The second-order valence-electron chi connectivity index (χ2n) is 2.76. The summed E-state index contributed by atoms with van der Waals surface area (Å²) in [7, 11) is 1.36. The molecule has 0 aliphatic carbocycles. The monoisotopic (exact) mass is 258 g/mol. The second-order valence-corrected chi connectivity index (χ2v) is 2.76. The van der Waals surface area contributed by atoms with Crippen molar-refractivity contribution in [1.82, 2.24) is 0 Å². The summed E-state index contributed by atoms with van der Waals surface area (Å²) in [5.41, 5.74) is 0.0440. The predicted molar refractivity (Wildman–Crippen MR) is 46.2 cm³/mol. The van der Waals surface area contributed by atoms with Crippen molar-refractivity contribution in [2.45, 2.75) is 12.1 Å². The maximum Gasteiger partial charge on any atom is 2.00 e. The van der Waals surface area contributed by atoms with Crippen LogP contribution >= 0.6 is 0 Å². The fraction of sp³-hybridized carbons (Fsp3) is 0.333. The molecule has 15 heavy (non-hydrogen) atoms. The smallest absolute Gasteiger partial charge is 0.522 e. The fourth-order valence-corrected chi connectivity index (χ4v) is 1.04. The first-order valence-corrected chi connectivity index (χ1v) is 3.86. The minimum atomic E-state index is -3.19. The van der Waals surface area contributed by atoms with Crippen LogP contribution in [-0.4, -0.2) is 33.5 Å². The summed E-state index contributed by atoms with van der Waals surface area (Å²) in [5.74, 6) is -2.96. The van der Waals surface area contributed by atoms with Gasteiger partial charge in [-0.15, -0.1) is 6.07 Å². The zero-order chi connectivity index (χ0) is 10.8. The Balaban J connectivity index is 0.00000196. The Morgan fingerprint density at radius 2 is 2.00 bits per heavy atom. The molecule has 0 amide bonds. The number of hydrogen-bond acceptors (Lipinski definition) is 5.